The van der Waals surface area contributed by atoms with E-state index < -0.39 is 5.97 Å². The lowest BCUT2D eigenvalue weighted by molar-refractivity contribution is -0.136. The number of aliphatic carboxylic acids is 1. The van der Waals surface area contributed by atoms with E-state index in [1.165, 1.54) is 0 Å². The van der Waals surface area contributed by atoms with Gasteiger partial charge in [0.1, 0.15) is 6.07 Å². The van der Waals surface area contributed by atoms with Crippen LogP contribution >= 0.6 is 11.6 Å². The Hall–Kier alpha value is -0.540. The van der Waals surface area contributed by atoms with Crippen molar-refractivity contribution < 1.29 is 14.6 Å². The van der Waals surface area contributed by atoms with Crippen LogP contribution in [0.1, 0.15) is 12.8 Å². The molecule has 0 heterocycles. The first-order valence-corrected chi connectivity index (χ1v) is 3.81. The predicted molar refractivity (Wildman–Crippen MR) is 42.7 cm³/mol. The van der Waals surface area contributed by atoms with Gasteiger partial charge < -0.3 is 9.84 Å². The van der Waals surface area contributed by atoms with Crippen LogP contribution in [0.2, 0.25) is 0 Å². The summed E-state index contributed by atoms with van der Waals surface area (Å²) in [6.45, 7) is 0.541. The van der Waals surface area contributed by atoms with Crippen molar-refractivity contribution >= 4 is 17.6 Å². The Balaban J connectivity index is 3.10. The summed E-state index contributed by atoms with van der Waals surface area (Å²) in [6, 6.07) is 0.187. The zero-order chi connectivity index (χ0) is 8.53. The molecule has 4 heteroatoms. The molecule has 0 aliphatic carbocycles. The summed E-state index contributed by atoms with van der Waals surface area (Å²) in [5.41, 5.74) is 0. The average molecular weight is 179 g/mol. The van der Waals surface area contributed by atoms with Crippen molar-refractivity contribution in [1.29, 1.82) is 0 Å². The van der Waals surface area contributed by atoms with Gasteiger partial charge in [-0.2, -0.15) is 0 Å². The van der Waals surface area contributed by atoms with Crippen LogP contribution in [-0.2, 0) is 9.53 Å². The van der Waals surface area contributed by atoms with Crippen LogP contribution in [0.4, 0.5) is 0 Å². The molecule has 0 aliphatic rings. The number of alkyl halides is 1. The molecule has 0 saturated heterocycles. The van der Waals surface area contributed by atoms with Gasteiger partial charge in [0.25, 0.3) is 0 Å². The highest BCUT2D eigenvalue weighted by atomic mass is 35.5. The van der Waals surface area contributed by atoms with Gasteiger partial charge in [0.05, 0.1) is 13.0 Å². The van der Waals surface area contributed by atoms with E-state index in [4.69, 9.17) is 21.4 Å². The molecule has 1 N–H and O–H groups in total. The lowest BCUT2D eigenvalue weighted by Gasteiger charge is -1.92. The third-order valence-corrected chi connectivity index (χ3v) is 1.12. The van der Waals surface area contributed by atoms with Gasteiger partial charge in [0, 0.05) is 0 Å². The highest BCUT2D eigenvalue weighted by molar-refractivity contribution is 6.17. The van der Waals surface area contributed by atoms with E-state index in [0.29, 0.717) is 13.0 Å². The van der Waals surface area contributed by atoms with Crippen molar-refractivity contribution in [3.63, 3.8) is 0 Å². The molecule has 0 aromatic heterocycles. The van der Waals surface area contributed by atoms with Gasteiger partial charge in [0.2, 0.25) is 0 Å². The molecule has 0 amide bonds. The Kier molecular flexibility index (Phi) is 7.19. The van der Waals surface area contributed by atoms with E-state index in [-0.39, 0.29) is 12.5 Å². The number of ether oxygens (including phenoxy) is 1. The monoisotopic (exact) mass is 178 g/mol. The second-order valence-electron chi connectivity index (χ2n) is 1.88. The topological polar surface area (TPSA) is 46.5 Å². The van der Waals surface area contributed by atoms with Crippen molar-refractivity contribution in [2.75, 3.05) is 12.7 Å². The molecule has 0 bridgehead atoms. The van der Waals surface area contributed by atoms with Gasteiger partial charge in [-0.15, -0.1) is 0 Å². The molecule has 64 valence electrons. The molecule has 0 rings (SSSR count). The second-order valence-corrected chi connectivity index (χ2v) is 2.09. The first-order chi connectivity index (χ1) is 5.27. The predicted octanol–water partition coefficient (Wildman–Crippen LogP) is 1.62. The van der Waals surface area contributed by atoms with Gasteiger partial charge in [-0.3, -0.25) is 4.79 Å². The number of hydrogen-bond donors (Lipinski definition) is 1. The Morgan fingerprint density at radius 3 is 2.82 bits per heavy atom. The Bertz CT molecular complexity index is 134. The van der Waals surface area contributed by atoms with Gasteiger partial charge in [-0.05, 0) is 6.42 Å². The molecule has 11 heavy (non-hydrogen) atoms. The van der Waals surface area contributed by atoms with Gasteiger partial charge >= 0.3 is 5.97 Å². The van der Waals surface area contributed by atoms with E-state index in [2.05, 4.69) is 0 Å². The molecule has 0 aromatic rings. The third kappa shape index (κ3) is 9.46. The summed E-state index contributed by atoms with van der Waals surface area (Å²) in [5, 5.41) is 8.21. The molecule has 0 radical (unpaired) electrons. The van der Waals surface area contributed by atoms with Crippen LogP contribution in [0.5, 0.6) is 0 Å². The minimum absolute atomic E-state index is 0.0703. The third-order valence-electron chi connectivity index (χ3n) is 0.965. The molecule has 0 spiro atoms. The van der Waals surface area contributed by atoms with E-state index in [9.17, 15) is 4.79 Å². The van der Waals surface area contributed by atoms with Crippen molar-refractivity contribution in [3.8, 4) is 0 Å². The van der Waals surface area contributed by atoms with Gasteiger partial charge in [-0.1, -0.05) is 23.8 Å². The molecular weight excluding hydrogens is 168 g/mol. The molecule has 0 unspecified atom stereocenters. The fourth-order valence-electron chi connectivity index (χ4n) is 0.508. The fourth-order valence-corrected chi connectivity index (χ4v) is 0.617. The largest absolute Gasteiger partial charge is 0.481 e. The molecule has 0 fully saturated rings. The standard InChI is InChI=1S/C7H11ClO3/c8-6-11-5-3-1-2-4-7(9)10/h1-2H,3-6H2,(H,9,10). The van der Waals surface area contributed by atoms with Crippen LogP contribution in [0.3, 0.4) is 0 Å². The summed E-state index contributed by atoms with van der Waals surface area (Å²) >= 11 is 5.22. The average Bonchev–Trinajstić information content (AvgIpc) is 1.96. The second kappa shape index (κ2) is 7.57. The number of rotatable bonds is 6. The minimum Gasteiger partial charge on any atom is -0.481 e. The Labute approximate surface area is 70.6 Å². The first-order valence-electron chi connectivity index (χ1n) is 3.28. The fraction of sp³-hybridized carbons (Fsp3) is 0.571. The maximum absolute atomic E-state index is 9.98. The number of halogens is 1. The first kappa shape index (κ1) is 10.5. The van der Waals surface area contributed by atoms with Crippen molar-refractivity contribution in [2.24, 2.45) is 0 Å². The molecular formula is C7H11ClO3. The smallest absolute Gasteiger partial charge is 0.307 e. The van der Waals surface area contributed by atoms with Gasteiger partial charge in [-0.25, -0.2) is 0 Å². The Morgan fingerprint density at radius 2 is 2.27 bits per heavy atom. The van der Waals surface area contributed by atoms with Crippen LogP contribution in [-0.4, -0.2) is 23.7 Å². The van der Waals surface area contributed by atoms with E-state index >= 15 is 0 Å². The van der Waals surface area contributed by atoms with Crippen molar-refractivity contribution in [3.05, 3.63) is 12.2 Å². The van der Waals surface area contributed by atoms with Crippen LogP contribution in [0, 0.1) is 0 Å². The molecule has 3 nitrogen and oxygen atoms in total. The van der Waals surface area contributed by atoms with Crippen LogP contribution in [0.25, 0.3) is 0 Å². The summed E-state index contributed by atoms with van der Waals surface area (Å²) < 4.78 is 4.81. The van der Waals surface area contributed by atoms with Crippen molar-refractivity contribution in [2.45, 2.75) is 12.8 Å². The SMILES string of the molecule is O=C(O)CC=CCCOCCl. The minimum atomic E-state index is -0.820. The summed E-state index contributed by atoms with van der Waals surface area (Å²) in [4.78, 5) is 9.98. The lowest BCUT2D eigenvalue weighted by Crippen LogP contribution is -1.91. The summed E-state index contributed by atoms with van der Waals surface area (Å²) in [5.74, 6) is -0.820. The highest BCUT2D eigenvalue weighted by Gasteiger charge is 1.88. The molecule has 0 aliphatic heterocycles. The zero-order valence-corrected chi connectivity index (χ0v) is 6.88. The van der Waals surface area contributed by atoms with E-state index in [0.717, 1.165) is 0 Å². The van der Waals surface area contributed by atoms with Gasteiger partial charge in [0.15, 0.2) is 0 Å². The van der Waals surface area contributed by atoms with Crippen molar-refractivity contribution in [1.82, 2.24) is 0 Å². The molecule has 0 aromatic carbocycles. The number of carboxylic acid groups (broad SMARTS) is 1. The Morgan fingerprint density at radius 1 is 1.55 bits per heavy atom. The quantitative estimate of drug-likeness (QED) is 0.382. The number of carbonyl (C=O) groups is 1. The van der Waals surface area contributed by atoms with E-state index in [1.807, 2.05) is 0 Å². The lowest BCUT2D eigenvalue weighted by atomic mass is 10.3. The van der Waals surface area contributed by atoms with E-state index in [1.54, 1.807) is 12.2 Å². The normalized spacial score (nSPS) is 10.6. The maximum Gasteiger partial charge on any atom is 0.307 e. The summed E-state index contributed by atoms with van der Waals surface area (Å²) in [7, 11) is 0. The highest BCUT2D eigenvalue weighted by Crippen LogP contribution is 1.89. The summed E-state index contributed by atoms with van der Waals surface area (Å²) in [6.07, 6.45) is 4.14. The maximum atomic E-state index is 9.98. The van der Waals surface area contributed by atoms with Crippen LogP contribution < -0.4 is 0 Å². The zero-order valence-electron chi connectivity index (χ0n) is 6.12. The molecule has 0 atom stereocenters. The van der Waals surface area contributed by atoms with Crippen LogP contribution in [0.15, 0.2) is 12.2 Å². The number of hydrogen-bond acceptors (Lipinski definition) is 2. The number of carboxylic acids is 1. The molecule has 0 saturated carbocycles.